The summed E-state index contributed by atoms with van der Waals surface area (Å²) < 4.78 is 40.1. The molecule has 19 nitrogen and oxygen atoms in total. The molecule has 0 saturated heterocycles. The van der Waals surface area contributed by atoms with Gasteiger partial charge in [0.25, 0.3) is 6.47 Å². The van der Waals surface area contributed by atoms with Gasteiger partial charge in [-0.2, -0.15) is 11.8 Å². The molecular weight excluding hydrogens is 883 g/mol. The average molecular weight is 966 g/mol. The Morgan fingerprint density at radius 2 is 0.848 bits per heavy atom. The Morgan fingerprint density at radius 3 is 1.21 bits per heavy atom. The molecular formula is C46H83N3O16S. The van der Waals surface area contributed by atoms with Crippen LogP contribution in [0, 0.1) is 17.8 Å². The third-order valence-electron chi connectivity index (χ3n) is 9.91. The largest absolute Gasteiger partial charge is 0.464 e. The van der Waals surface area contributed by atoms with Gasteiger partial charge >= 0.3 is 41.8 Å². The molecule has 3 atom stereocenters. The van der Waals surface area contributed by atoms with E-state index in [9.17, 15) is 38.4 Å². The Kier molecular flexibility index (Phi) is 42.3. The van der Waals surface area contributed by atoms with Crippen LogP contribution in [0.15, 0.2) is 0 Å². The summed E-state index contributed by atoms with van der Waals surface area (Å²) in [7, 11) is 2.05. The molecule has 66 heavy (non-hydrogen) atoms. The van der Waals surface area contributed by atoms with Gasteiger partial charge in [-0.05, 0) is 78.1 Å². The highest BCUT2D eigenvalue weighted by molar-refractivity contribution is 7.98. The standard InChI is InChI=1S/C40H73N3O12S.C6H10O4/c1-9-17-42(22-14-35(44)50-25-28-53-38(47)32(4)10-2)20-12-18-41(7)19-13-21-43(23-15-36(45)51-26-29-54-39(48)33(5)11-3)24-16-37(46)52-27-30-55-40(49)34(6)31-56-8;1-2-6(8)10-4-3-9-5-7/h32-34H,9-31H2,1-8H3;5H,2-4H2,1H3. The topological polar surface area (TPSA) is 220 Å². The van der Waals surface area contributed by atoms with Crippen molar-refractivity contribution in [2.45, 2.75) is 106 Å². The minimum absolute atomic E-state index is 0.000766. The van der Waals surface area contributed by atoms with E-state index in [4.69, 9.17) is 28.4 Å². The zero-order chi connectivity index (χ0) is 50.0. The van der Waals surface area contributed by atoms with Gasteiger partial charge in [0.1, 0.15) is 52.9 Å². The fourth-order valence-electron chi connectivity index (χ4n) is 5.52. The number of rotatable bonds is 40. The molecule has 0 aromatic heterocycles. The molecule has 0 amide bonds. The Bertz CT molecular complexity index is 1340. The number of ether oxygens (including phenoxy) is 8. The van der Waals surface area contributed by atoms with Crippen molar-refractivity contribution in [1.82, 2.24) is 14.7 Å². The van der Waals surface area contributed by atoms with Crippen LogP contribution in [0.25, 0.3) is 0 Å². The highest BCUT2D eigenvalue weighted by atomic mass is 32.2. The van der Waals surface area contributed by atoms with Crippen molar-refractivity contribution in [1.29, 1.82) is 0 Å². The first-order chi connectivity index (χ1) is 31.6. The molecule has 0 N–H and O–H groups in total. The lowest BCUT2D eigenvalue weighted by Gasteiger charge is -2.25. The Morgan fingerprint density at radius 1 is 0.485 bits per heavy atom. The van der Waals surface area contributed by atoms with Crippen molar-refractivity contribution in [3.05, 3.63) is 0 Å². The number of hydrogen-bond donors (Lipinski definition) is 0. The first-order valence-corrected chi connectivity index (χ1v) is 24.8. The van der Waals surface area contributed by atoms with Gasteiger partial charge in [0.2, 0.25) is 0 Å². The molecule has 20 heteroatoms. The second-order valence-corrected chi connectivity index (χ2v) is 16.5. The van der Waals surface area contributed by atoms with E-state index >= 15 is 0 Å². The maximum atomic E-state index is 12.5. The summed E-state index contributed by atoms with van der Waals surface area (Å²) in [5, 5.41) is 0. The molecule has 0 aliphatic heterocycles. The minimum atomic E-state index is -0.418. The summed E-state index contributed by atoms with van der Waals surface area (Å²) in [6.45, 7) is 19.0. The summed E-state index contributed by atoms with van der Waals surface area (Å²) in [6.07, 6.45) is 6.80. The van der Waals surface area contributed by atoms with Crippen LogP contribution in [0.5, 0.6) is 0 Å². The van der Waals surface area contributed by atoms with E-state index < -0.39 is 11.9 Å². The molecule has 0 spiro atoms. The maximum Gasteiger partial charge on any atom is 0.309 e. The van der Waals surface area contributed by atoms with E-state index in [0.29, 0.717) is 57.7 Å². The van der Waals surface area contributed by atoms with Gasteiger partial charge in [-0.25, -0.2) is 0 Å². The molecule has 0 fully saturated rings. The molecule has 384 valence electrons. The monoisotopic (exact) mass is 966 g/mol. The Labute approximate surface area is 398 Å². The lowest BCUT2D eigenvalue weighted by atomic mass is 10.1. The van der Waals surface area contributed by atoms with E-state index in [1.165, 1.54) is 0 Å². The second kappa shape index (κ2) is 43.6. The fraction of sp³-hybridized carbons (Fsp3) is 0.826. The van der Waals surface area contributed by atoms with Crippen molar-refractivity contribution >= 4 is 60.0 Å². The number of carbonyl (C=O) groups is 8. The second-order valence-electron chi connectivity index (χ2n) is 15.6. The van der Waals surface area contributed by atoms with Crippen LogP contribution in [0.3, 0.4) is 0 Å². The van der Waals surface area contributed by atoms with Crippen LogP contribution in [0.4, 0.5) is 0 Å². The van der Waals surface area contributed by atoms with Crippen molar-refractivity contribution < 1.29 is 76.3 Å². The Hall–Kier alpha value is -4.01. The van der Waals surface area contributed by atoms with Gasteiger partial charge in [-0.3, -0.25) is 38.4 Å². The predicted octanol–water partition coefficient (Wildman–Crippen LogP) is 4.35. The van der Waals surface area contributed by atoms with Crippen LogP contribution in [0.2, 0.25) is 0 Å². The van der Waals surface area contributed by atoms with Gasteiger partial charge in [0, 0.05) is 31.8 Å². The van der Waals surface area contributed by atoms with E-state index in [1.807, 2.05) is 25.0 Å². The van der Waals surface area contributed by atoms with E-state index in [0.717, 1.165) is 45.4 Å². The number of esters is 7. The number of carbonyl (C=O) groups excluding carboxylic acids is 8. The average Bonchev–Trinajstić information content (AvgIpc) is 3.31. The highest BCUT2D eigenvalue weighted by Gasteiger charge is 2.17. The van der Waals surface area contributed by atoms with E-state index in [1.54, 1.807) is 39.5 Å². The van der Waals surface area contributed by atoms with Crippen LogP contribution in [0.1, 0.15) is 106 Å². The van der Waals surface area contributed by atoms with Crippen molar-refractivity contribution in [3.8, 4) is 0 Å². The fourth-order valence-corrected chi connectivity index (χ4v) is 6.15. The van der Waals surface area contributed by atoms with Crippen LogP contribution >= 0.6 is 11.8 Å². The van der Waals surface area contributed by atoms with Gasteiger partial charge < -0.3 is 52.6 Å². The zero-order valence-corrected chi connectivity index (χ0v) is 42.3. The number of thioether (sulfide) groups is 1. The molecule has 0 radical (unpaired) electrons. The van der Waals surface area contributed by atoms with Crippen LogP contribution in [-0.2, 0) is 76.3 Å². The summed E-state index contributed by atoms with van der Waals surface area (Å²) >= 11 is 1.56. The van der Waals surface area contributed by atoms with Gasteiger partial charge in [-0.15, -0.1) is 0 Å². The quantitative estimate of drug-likeness (QED) is 0.0361. The van der Waals surface area contributed by atoms with Crippen LogP contribution in [-0.4, -0.2) is 187 Å². The van der Waals surface area contributed by atoms with Crippen molar-refractivity contribution in [2.24, 2.45) is 17.8 Å². The summed E-state index contributed by atoms with van der Waals surface area (Å²) in [4.78, 5) is 99.3. The molecule has 0 rings (SSSR count). The van der Waals surface area contributed by atoms with Crippen LogP contribution < -0.4 is 0 Å². The van der Waals surface area contributed by atoms with E-state index in [-0.39, 0.29) is 120 Å². The third kappa shape index (κ3) is 38.1. The number of nitrogens with zero attached hydrogens (tertiary/aromatic N) is 3. The van der Waals surface area contributed by atoms with Gasteiger partial charge in [-0.1, -0.05) is 48.5 Å². The van der Waals surface area contributed by atoms with Gasteiger partial charge in [0.15, 0.2) is 0 Å². The van der Waals surface area contributed by atoms with E-state index in [2.05, 4.69) is 33.2 Å². The highest BCUT2D eigenvalue weighted by Crippen LogP contribution is 2.08. The predicted molar refractivity (Wildman–Crippen MR) is 249 cm³/mol. The molecule has 0 aliphatic rings. The first-order valence-electron chi connectivity index (χ1n) is 23.4. The molecule has 0 aromatic rings. The maximum absolute atomic E-state index is 12.5. The van der Waals surface area contributed by atoms with Gasteiger partial charge in [0.05, 0.1) is 37.0 Å². The third-order valence-corrected chi connectivity index (χ3v) is 10.7. The summed E-state index contributed by atoms with van der Waals surface area (Å²) in [5.74, 6) is -2.31. The normalized spacial score (nSPS) is 12.2. The first kappa shape index (κ1) is 64.1. The zero-order valence-electron chi connectivity index (χ0n) is 41.5. The number of hydrogen-bond acceptors (Lipinski definition) is 20. The lowest BCUT2D eigenvalue weighted by molar-refractivity contribution is -0.155. The molecule has 0 saturated carbocycles. The summed E-state index contributed by atoms with van der Waals surface area (Å²) in [6, 6.07) is 0. The molecule has 3 unspecified atom stereocenters. The molecule has 0 heterocycles. The van der Waals surface area contributed by atoms with Crippen molar-refractivity contribution in [2.75, 3.05) is 124 Å². The SMILES string of the molecule is CCC(=O)OCCOC=O.CCCN(CCCN(C)CCCN(CCC(=O)OCCOC(=O)C(C)CC)CCC(=O)OCCOC(=O)C(C)CSC)CCC(=O)OCCOC(=O)C(C)CC. The Balaban J connectivity index is 0. The lowest BCUT2D eigenvalue weighted by Crippen LogP contribution is -2.34. The smallest absolute Gasteiger partial charge is 0.309 e. The van der Waals surface area contributed by atoms with Crippen molar-refractivity contribution in [3.63, 3.8) is 0 Å². The molecule has 0 aromatic carbocycles. The minimum Gasteiger partial charge on any atom is -0.464 e. The molecule has 0 aliphatic carbocycles. The summed E-state index contributed by atoms with van der Waals surface area (Å²) in [5.41, 5.74) is 0. The molecule has 0 bridgehead atoms.